The fraction of sp³-hybridized carbons (Fsp3) is 0.571. The molecule has 0 radical (unpaired) electrons. The molecule has 1 heterocycles. The van der Waals surface area contributed by atoms with E-state index in [1.54, 1.807) is 0 Å². The number of thioether (sulfide) groups is 1. The minimum absolute atomic E-state index is 0.0286. The number of rotatable bonds is 5. The van der Waals surface area contributed by atoms with Crippen LogP contribution in [0.4, 0.5) is 5.69 Å². The Morgan fingerprint density at radius 1 is 1.53 bits per heavy atom. The summed E-state index contributed by atoms with van der Waals surface area (Å²) in [6, 6.07) is 6.31. The summed E-state index contributed by atoms with van der Waals surface area (Å²) < 4.78 is 5.44. The van der Waals surface area contributed by atoms with Crippen LogP contribution >= 0.6 is 11.8 Å². The van der Waals surface area contributed by atoms with E-state index in [1.165, 1.54) is 10.5 Å². The fourth-order valence-electron chi connectivity index (χ4n) is 2.44. The highest BCUT2D eigenvalue weighted by Crippen LogP contribution is 2.32. The Bertz CT molecular complexity index is 414. The first-order valence-corrected chi connectivity index (χ1v) is 7.70. The van der Waals surface area contributed by atoms with Crippen LogP contribution < -0.4 is 10.6 Å². The summed E-state index contributed by atoms with van der Waals surface area (Å²) in [7, 11) is 0. The highest BCUT2D eigenvalue weighted by molar-refractivity contribution is 7.99. The predicted molar refractivity (Wildman–Crippen MR) is 79.8 cm³/mol. The number of hydrogen-bond acceptors (Lipinski definition) is 5. The molecule has 0 spiro atoms. The van der Waals surface area contributed by atoms with E-state index in [0.29, 0.717) is 19.8 Å². The number of nitrogens with zero attached hydrogens (tertiary/aromatic N) is 1. The van der Waals surface area contributed by atoms with E-state index in [9.17, 15) is 5.11 Å². The summed E-state index contributed by atoms with van der Waals surface area (Å²) >= 11 is 1.81. The predicted octanol–water partition coefficient (Wildman–Crippen LogP) is 1.45. The number of hydrogen-bond donors (Lipinski definition) is 2. The van der Waals surface area contributed by atoms with Crippen molar-refractivity contribution in [2.75, 3.05) is 37.0 Å². The van der Waals surface area contributed by atoms with Crippen LogP contribution in [-0.2, 0) is 11.3 Å². The average Bonchev–Trinajstić information content (AvgIpc) is 2.47. The first-order valence-electron chi connectivity index (χ1n) is 6.71. The molecule has 1 unspecified atom stereocenters. The Morgan fingerprint density at radius 3 is 3.05 bits per heavy atom. The van der Waals surface area contributed by atoms with E-state index in [4.69, 9.17) is 10.5 Å². The molecule has 106 valence electrons. The maximum atomic E-state index is 9.50. The fourth-order valence-corrected chi connectivity index (χ4v) is 3.29. The lowest BCUT2D eigenvalue weighted by atomic mass is 10.1. The third-order valence-corrected chi connectivity index (χ3v) is 4.34. The van der Waals surface area contributed by atoms with Crippen LogP contribution in [0.3, 0.4) is 0 Å². The summed E-state index contributed by atoms with van der Waals surface area (Å²) in [6.07, 6.45) is 0. The smallest absolute Gasteiger partial charge is 0.0755 e. The minimum Gasteiger partial charge on any atom is -0.394 e. The largest absolute Gasteiger partial charge is 0.394 e. The normalized spacial score (nSPS) is 19.7. The molecule has 2 rings (SSSR count). The van der Waals surface area contributed by atoms with Crippen molar-refractivity contribution in [3.8, 4) is 0 Å². The zero-order valence-electron chi connectivity index (χ0n) is 11.3. The maximum absolute atomic E-state index is 9.50. The van der Waals surface area contributed by atoms with Gasteiger partial charge >= 0.3 is 0 Å². The van der Waals surface area contributed by atoms with Crippen molar-refractivity contribution in [3.63, 3.8) is 0 Å². The first kappa shape index (κ1) is 14.7. The third-order valence-electron chi connectivity index (χ3n) is 3.36. The van der Waals surface area contributed by atoms with Gasteiger partial charge in [0.1, 0.15) is 0 Å². The third kappa shape index (κ3) is 3.23. The Hall–Kier alpha value is -0.750. The van der Waals surface area contributed by atoms with Gasteiger partial charge in [-0.25, -0.2) is 0 Å². The lowest BCUT2D eigenvalue weighted by Gasteiger charge is -2.37. The van der Waals surface area contributed by atoms with E-state index >= 15 is 0 Å². The van der Waals surface area contributed by atoms with E-state index in [1.807, 2.05) is 11.8 Å². The summed E-state index contributed by atoms with van der Waals surface area (Å²) in [5.74, 6) is 1.03. The van der Waals surface area contributed by atoms with Gasteiger partial charge in [-0.05, 0) is 17.9 Å². The molecule has 1 aliphatic rings. The molecule has 0 aromatic heterocycles. The molecular formula is C14H22N2O2S. The Labute approximate surface area is 118 Å². The van der Waals surface area contributed by atoms with Crippen LogP contribution in [0.2, 0.25) is 0 Å². The van der Waals surface area contributed by atoms with Gasteiger partial charge < -0.3 is 20.5 Å². The van der Waals surface area contributed by atoms with E-state index in [-0.39, 0.29) is 12.6 Å². The molecule has 0 aliphatic carbocycles. The number of aliphatic hydroxyl groups is 1. The molecule has 0 bridgehead atoms. The number of benzene rings is 1. The van der Waals surface area contributed by atoms with Gasteiger partial charge in [0.2, 0.25) is 0 Å². The van der Waals surface area contributed by atoms with E-state index in [2.05, 4.69) is 30.0 Å². The molecular weight excluding hydrogens is 260 g/mol. The van der Waals surface area contributed by atoms with Crippen LogP contribution in [0.1, 0.15) is 12.5 Å². The number of anilines is 1. The molecule has 0 saturated carbocycles. The number of ether oxygens (including phenoxy) is 1. The van der Waals surface area contributed by atoms with Crippen molar-refractivity contribution >= 4 is 17.4 Å². The van der Waals surface area contributed by atoms with Crippen molar-refractivity contribution in [2.24, 2.45) is 5.73 Å². The van der Waals surface area contributed by atoms with Crippen molar-refractivity contribution in [1.82, 2.24) is 0 Å². The second kappa shape index (κ2) is 7.14. The van der Waals surface area contributed by atoms with E-state index in [0.717, 1.165) is 18.0 Å². The minimum atomic E-state index is 0.0286. The number of nitrogens with two attached hydrogens (primary N) is 1. The van der Waals surface area contributed by atoms with Gasteiger partial charge in [-0.15, -0.1) is 11.8 Å². The first-order chi connectivity index (χ1) is 9.31. The second-order valence-corrected chi connectivity index (χ2v) is 5.80. The monoisotopic (exact) mass is 282 g/mol. The summed E-state index contributed by atoms with van der Waals surface area (Å²) in [5, 5.41) is 9.50. The van der Waals surface area contributed by atoms with E-state index < -0.39 is 0 Å². The van der Waals surface area contributed by atoms with Crippen molar-refractivity contribution in [3.05, 3.63) is 23.8 Å². The molecule has 3 N–H and O–H groups in total. The Kier molecular flexibility index (Phi) is 5.51. The molecule has 5 heteroatoms. The standard InChI is InChI=1S/C14H22N2O2S/c1-2-19-14-5-3-4-13(12(14)8-15)16-6-7-18-10-11(16)9-17/h3-5,11,17H,2,6-10,15H2,1H3. The molecule has 1 saturated heterocycles. The van der Waals surface area contributed by atoms with Crippen molar-refractivity contribution in [1.29, 1.82) is 0 Å². The zero-order valence-corrected chi connectivity index (χ0v) is 12.2. The maximum Gasteiger partial charge on any atom is 0.0755 e. The summed E-state index contributed by atoms with van der Waals surface area (Å²) in [5.41, 5.74) is 8.26. The molecule has 4 nitrogen and oxygen atoms in total. The summed E-state index contributed by atoms with van der Waals surface area (Å²) in [6.45, 7) is 4.85. The van der Waals surface area contributed by atoms with Crippen molar-refractivity contribution in [2.45, 2.75) is 24.4 Å². The van der Waals surface area contributed by atoms with Gasteiger partial charge in [0.05, 0.1) is 25.9 Å². The van der Waals surface area contributed by atoms with Gasteiger partial charge in [-0.1, -0.05) is 13.0 Å². The quantitative estimate of drug-likeness (QED) is 0.801. The molecule has 1 fully saturated rings. The van der Waals surface area contributed by atoms with Crippen molar-refractivity contribution < 1.29 is 9.84 Å². The van der Waals surface area contributed by atoms with Crippen LogP contribution in [0.25, 0.3) is 0 Å². The second-order valence-electron chi connectivity index (χ2n) is 4.50. The number of aliphatic hydroxyl groups excluding tert-OH is 1. The van der Waals surface area contributed by atoms with Crippen LogP contribution in [-0.4, -0.2) is 43.3 Å². The molecule has 1 aromatic rings. The summed E-state index contributed by atoms with van der Waals surface area (Å²) in [4.78, 5) is 3.47. The van der Waals surface area contributed by atoms with Gasteiger partial charge in [0, 0.05) is 29.2 Å². The van der Waals surface area contributed by atoms with Crippen LogP contribution in [0, 0.1) is 0 Å². The molecule has 1 atom stereocenters. The average molecular weight is 282 g/mol. The van der Waals surface area contributed by atoms with Gasteiger partial charge in [-0.3, -0.25) is 0 Å². The van der Waals surface area contributed by atoms with Gasteiger partial charge in [-0.2, -0.15) is 0 Å². The SMILES string of the molecule is CCSc1cccc(N2CCOCC2CO)c1CN. The molecule has 19 heavy (non-hydrogen) atoms. The molecule has 1 aromatic carbocycles. The zero-order chi connectivity index (χ0) is 13.7. The topological polar surface area (TPSA) is 58.7 Å². The highest BCUT2D eigenvalue weighted by atomic mass is 32.2. The molecule has 1 aliphatic heterocycles. The van der Waals surface area contributed by atoms with Gasteiger partial charge in [0.15, 0.2) is 0 Å². The van der Waals surface area contributed by atoms with Crippen LogP contribution in [0.5, 0.6) is 0 Å². The Balaban J connectivity index is 2.34. The highest BCUT2D eigenvalue weighted by Gasteiger charge is 2.24. The lowest BCUT2D eigenvalue weighted by molar-refractivity contribution is 0.0726. The Morgan fingerprint density at radius 2 is 2.37 bits per heavy atom. The number of morpholine rings is 1. The molecule has 0 amide bonds. The van der Waals surface area contributed by atoms with Crippen LogP contribution in [0.15, 0.2) is 23.1 Å². The lowest BCUT2D eigenvalue weighted by Crippen LogP contribution is -2.48. The van der Waals surface area contributed by atoms with Gasteiger partial charge in [0.25, 0.3) is 0 Å².